The van der Waals surface area contributed by atoms with Crippen molar-refractivity contribution < 1.29 is 19.2 Å². The lowest BCUT2D eigenvalue weighted by atomic mass is 9.93. The average molecular weight is 361 g/mol. The van der Waals surface area contributed by atoms with Gasteiger partial charge < -0.3 is 19.2 Å². The van der Waals surface area contributed by atoms with Crippen LogP contribution >= 0.6 is 0 Å². The minimum atomic E-state index is 0.513. The Morgan fingerprint density at radius 3 is 2.58 bits per heavy atom. The summed E-state index contributed by atoms with van der Waals surface area (Å²) in [4.78, 5) is 0. The Bertz CT molecular complexity index is 622. The minimum absolute atomic E-state index is 0.513. The highest BCUT2D eigenvalue weighted by Crippen LogP contribution is 2.28. The zero-order valence-electron chi connectivity index (χ0n) is 16.7. The topological polar surface area (TPSA) is 48.2 Å². The highest BCUT2D eigenvalue weighted by atomic mass is 16.5. The zero-order chi connectivity index (χ0) is 18.8. The molecule has 26 heavy (non-hydrogen) atoms. The van der Waals surface area contributed by atoms with Crippen LogP contribution in [0, 0.1) is 5.92 Å². The maximum atomic E-state index is 5.67. The van der Waals surface area contributed by atoms with Gasteiger partial charge in [-0.2, -0.15) is 0 Å². The number of methoxy groups -OCH3 is 1. The molecule has 1 aromatic heterocycles. The Hall–Kier alpha value is -1.94. The normalized spacial score (nSPS) is 12.3. The van der Waals surface area contributed by atoms with Crippen molar-refractivity contribution in [3.05, 3.63) is 47.9 Å². The fourth-order valence-electron chi connectivity index (χ4n) is 3.19. The lowest BCUT2D eigenvalue weighted by Crippen LogP contribution is -2.82. The first-order valence-electron chi connectivity index (χ1n) is 9.78. The number of hydrogen-bond donors (Lipinski definition) is 1. The second kappa shape index (κ2) is 10.9. The van der Waals surface area contributed by atoms with Crippen LogP contribution in [0.2, 0.25) is 0 Å². The van der Waals surface area contributed by atoms with Gasteiger partial charge in [0.05, 0.1) is 26.5 Å². The molecule has 0 saturated heterocycles. The van der Waals surface area contributed by atoms with Crippen molar-refractivity contribution in [3.63, 3.8) is 0 Å². The quantitative estimate of drug-likeness (QED) is 0.572. The number of hydrogen-bond acceptors (Lipinski definition) is 3. The van der Waals surface area contributed by atoms with Gasteiger partial charge in [-0.25, -0.2) is 0 Å². The third-order valence-corrected chi connectivity index (χ3v) is 4.67. The molecule has 0 saturated carbocycles. The Balaban J connectivity index is 1.84. The van der Waals surface area contributed by atoms with Crippen molar-refractivity contribution in [2.75, 3.05) is 20.3 Å². The predicted molar refractivity (Wildman–Crippen MR) is 105 cm³/mol. The van der Waals surface area contributed by atoms with Crippen molar-refractivity contribution in [1.29, 1.82) is 0 Å². The highest BCUT2D eigenvalue weighted by Gasteiger charge is 2.16. The number of nitrogens with two attached hydrogens (primary N) is 1. The minimum Gasteiger partial charge on any atom is -0.493 e. The van der Waals surface area contributed by atoms with E-state index < -0.39 is 0 Å². The highest BCUT2D eigenvalue weighted by molar-refractivity contribution is 5.42. The molecular formula is C22H34NO3+. The van der Waals surface area contributed by atoms with E-state index in [-0.39, 0.29) is 0 Å². The van der Waals surface area contributed by atoms with Crippen molar-refractivity contribution in [2.45, 2.75) is 52.5 Å². The molecule has 0 amide bonds. The van der Waals surface area contributed by atoms with Crippen LogP contribution in [-0.4, -0.2) is 20.3 Å². The van der Waals surface area contributed by atoms with Gasteiger partial charge in [-0.15, -0.1) is 0 Å². The number of quaternary nitrogens is 1. The van der Waals surface area contributed by atoms with Crippen molar-refractivity contribution >= 4 is 0 Å². The van der Waals surface area contributed by atoms with Crippen LogP contribution in [0.1, 0.15) is 57.3 Å². The van der Waals surface area contributed by atoms with Crippen molar-refractivity contribution in [1.82, 2.24) is 0 Å². The Kier molecular flexibility index (Phi) is 8.56. The molecule has 2 aromatic rings. The van der Waals surface area contributed by atoms with Crippen molar-refractivity contribution in [3.8, 4) is 11.5 Å². The van der Waals surface area contributed by atoms with E-state index in [1.165, 1.54) is 18.4 Å². The first-order chi connectivity index (χ1) is 12.6. The molecule has 0 fully saturated rings. The van der Waals surface area contributed by atoms with Gasteiger partial charge in [0.15, 0.2) is 11.5 Å². The van der Waals surface area contributed by atoms with E-state index in [1.54, 1.807) is 13.4 Å². The van der Waals surface area contributed by atoms with Crippen LogP contribution in [0.25, 0.3) is 0 Å². The molecule has 4 heteroatoms. The molecule has 1 atom stereocenters. The van der Waals surface area contributed by atoms with Crippen LogP contribution < -0.4 is 14.8 Å². The molecule has 0 aliphatic carbocycles. The fraction of sp³-hybridized carbons (Fsp3) is 0.545. The molecule has 0 unspecified atom stereocenters. The maximum Gasteiger partial charge on any atom is 0.161 e. The first kappa shape index (κ1) is 20.4. The molecule has 0 radical (unpaired) electrons. The van der Waals surface area contributed by atoms with E-state index in [9.17, 15) is 0 Å². The van der Waals surface area contributed by atoms with Gasteiger partial charge in [0.1, 0.15) is 12.3 Å². The van der Waals surface area contributed by atoms with Gasteiger partial charge in [0, 0.05) is 17.9 Å². The summed E-state index contributed by atoms with van der Waals surface area (Å²) in [6, 6.07) is 10.3. The second-order valence-electron chi connectivity index (χ2n) is 7.17. The lowest BCUT2D eigenvalue weighted by Gasteiger charge is -2.15. The summed E-state index contributed by atoms with van der Waals surface area (Å²) in [5.41, 5.74) is 1.25. The van der Waals surface area contributed by atoms with Gasteiger partial charge in [-0.05, 0) is 49.6 Å². The summed E-state index contributed by atoms with van der Waals surface area (Å²) in [5.74, 6) is 3.99. The molecular weight excluding hydrogens is 326 g/mol. The van der Waals surface area contributed by atoms with Crippen LogP contribution in [0.4, 0.5) is 0 Å². The van der Waals surface area contributed by atoms with Gasteiger partial charge in [0.25, 0.3) is 0 Å². The summed E-state index contributed by atoms with van der Waals surface area (Å²) >= 11 is 0. The summed E-state index contributed by atoms with van der Waals surface area (Å²) < 4.78 is 16.7. The van der Waals surface area contributed by atoms with Crippen molar-refractivity contribution in [2.24, 2.45) is 5.92 Å². The van der Waals surface area contributed by atoms with Gasteiger partial charge in [-0.3, -0.25) is 0 Å². The molecule has 1 heterocycles. The number of furan rings is 1. The molecule has 0 aliphatic rings. The number of benzene rings is 1. The van der Waals surface area contributed by atoms with E-state index in [2.05, 4.69) is 37.4 Å². The Morgan fingerprint density at radius 2 is 1.92 bits per heavy atom. The van der Waals surface area contributed by atoms with Crippen LogP contribution in [0.3, 0.4) is 0 Å². The van der Waals surface area contributed by atoms with Crippen LogP contribution in [-0.2, 0) is 6.54 Å². The fourth-order valence-corrected chi connectivity index (χ4v) is 3.19. The monoisotopic (exact) mass is 360 g/mol. The summed E-state index contributed by atoms with van der Waals surface area (Å²) in [6.07, 6.45) is 5.35. The lowest BCUT2D eigenvalue weighted by molar-refractivity contribution is -0.671. The summed E-state index contributed by atoms with van der Waals surface area (Å²) in [5, 5.41) is 2.36. The van der Waals surface area contributed by atoms with E-state index in [4.69, 9.17) is 13.9 Å². The molecule has 4 nitrogen and oxygen atoms in total. The Morgan fingerprint density at radius 1 is 1.08 bits per heavy atom. The molecule has 1 aromatic carbocycles. The third kappa shape index (κ3) is 6.41. The average Bonchev–Trinajstić information content (AvgIpc) is 3.16. The molecule has 0 spiro atoms. The van der Waals surface area contributed by atoms with Gasteiger partial charge in [0.2, 0.25) is 0 Å². The molecule has 2 N–H and O–H groups in total. The largest absolute Gasteiger partial charge is 0.493 e. The summed E-state index contributed by atoms with van der Waals surface area (Å²) in [7, 11) is 1.69. The SMILES string of the molecule is CCOc1ccc(C[NH2+]CC[C@H](CCC(C)C)c2ccco2)cc1OC. The smallest absolute Gasteiger partial charge is 0.161 e. The van der Waals surface area contributed by atoms with E-state index in [0.29, 0.717) is 12.5 Å². The number of rotatable bonds is 12. The molecule has 144 valence electrons. The molecule has 2 rings (SSSR count). The number of ether oxygens (including phenoxy) is 2. The van der Waals surface area contributed by atoms with Crippen LogP contribution in [0.15, 0.2) is 41.0 Å². The molecule has 0 aliphatic heterocycles. The predicted octanol–water partition coefficient (Wildman–Crippen LogP) is 4.36. The Labute approximate surface area is 157 Å². The van der Waals surface area contributed by atoms with Gasteiger partial charge in [-0.1, -0.05) is 20.3 Å². The first-order valence-corrected chi connectivity index (χ1v) is 9.78. The standard InChI is InChI=1S/C22H33NO3/c1-5-25-21-11-9-18(15-22(21)24-4)16-23-13-12-19(10-8-17(2)3)20-7-6-14-26-20/h6-7,9,11,14-15,17,19,23H,5,8,10,12-13,16H2,1-4H3/p+1/t19-/m0/s1. The van der Waals surface area contributed by atoms with Gasteiger partial charge >= 0.3 is 0 Å². The van der Waals surface area contributed by atoms with Crippen LogP contribution in [0.5, 0.6) is 11.5 Å². The van der Waals surface area contributed by atoms with E-state index in [0.717, 1.165) is 42.7 Å². The zero-order valence-corrected chi connectivity index (χ0v) is 16.7. The van der Waals surface area contributed by atoms with E-state index in [1.807, 2.05) is 19.1 Å². The third-order valence-electron chi connectivity index (χ3n) is 4.67. The molecule has 0 bridgehead atoms. The maximum absolute atomic E-state index is 5.67. The summed E-state index contributed by atoms with van der Waals surface area (Å²) in [6.45, 7) is 9.22. The van der Waals surface area contributed by atoms with E-state index >= 15 is 0 Å². The second-order valence-corrected chi connectivity index (χ2v) is 7.17.